The summed E-state index contributed by atoms with van der Waals surface area (Å²) in [5, 5.41) is 7.83. The zero-order chi connectivity index (χ0) is 23.2. The number of fused-ring (bicyclic) bond motifs is 1. The Morgan fingerprint density at radius 2 is 1.91 bits per heavy atom. The van der Waals surface area contributed by atoms with Crippen molar-refractivity contribution in [1.82, 2.24) is 15.1 Å². The first-order valence-electron chi connectivity index (χ1n) is 11.7. The van der Waals surface area contributed by atoms with Crippen LogP contribution in [0, 0.1) is 0 Å². The van der Waals surface area contributed by atoms with Gasteiger partial charge in [0.15, 0.2) is 5.76 Å². The molecule has 1 aliphatic carbocycles. The van der Waals surface area contributed by atoms with Gasteiger partial charge in [0.1, 0.15) is 16.9 Å². The third-order valence-corrected chi connectivity index (χ3v) is 6.92. The highest BCUT2D eigenvalue weighted by molar-refractivity contribution is 6.12. The number of hydrogen-bond acceptors (Lipinski definition) is 4. The Hall–Kier alpha value is -3.35. The molecule has 0 radical (unpaired) electrons. The highest BCUT2D eigenvalue weighted by atomic mass is 16.3. The Balaban J connectivity index is 1.56. The van der Waals surface area contributed by atoms with Crippen LogP contribution in [-0.4, -0.2) is 33.2 Å². The molecule has 1 saturated carbocycles. The average Bonchev–Trinajstić information content (AvgIpc) is 3.55. The van der Waals surface area contributed by atoms with Crippen LogP contribution in [0.3, 0.4) is 0 Å². The van der Waals surface area contributed by atoms with Crippen molar-refractivity contribution in [1.29, 1.82) is 0 Å². The van der Waals surface area contributed by atoms with Crippen LogP contribution in [0.25, 0.3) is 11.5 Å². The van der Waals surface area contributed by atoms with Gasteiger partial charge < -0.3 is 9.73 Å². The largest absolute Gasteiger partial charge is 0.463 e. The molecule has 5 rings (SSSR count). The lowest BCUT2D eigenvalue weighted by molar-refractivity contribution is -0.127. The molecule has 1 atom stereocenters. The number of nitrogens with one attached hydrogen (secondary N) is 1. The summed E-state index contributed by atoms with van der Waals surface area (Å²) in [7, 11) is 0. The molecule has 2 aromatic heterocycles. The van der Waals surface area contributed by atoms with Crippen LogP contribution < -0.4 is 10.2 Å². The molecule has 0 bridgehead atoms. The van der Waals surface area contributed by atoms with Gasteiger partial charge in [-0.05, 0) is 55.5 Å². The SMILES string of the molecule is CC(C)c1ccc(N2C(=O)c3cc(-c4ccco4)nn3C[C@]2(C)C(=O)NC2CCCC2)cc1. The molecular formula is C26H30N4O3. The van der Waals surface area contributed by atoms with Gasteiger partial charge in [0.05, 0.1) is 12.8 Å². The molecule has 7 heteroatoms. The molecule has 0 unspecified atom stereocenters. The van der Waals surface area contributed by atoms with Crippen molar-refractivity contribution in [2.75, 3.05) is 4.90 Å². The van der Waals surface area contributed by atoms with Crippen molar-refractivity contribution in [2.24, 2.45) is 0 Å². The van der Waals surface area contributed by atoms with Gasteiger partial charge in [-0.3, -0.25) is 19.2 Å². The number of nitrogens with zero attached hydrogens (tertiary/aromatic N) is 3. The molecule has 172 valence electrons. The molecule has 3 aromatic rings. The number of aromatic nitrogens is 2. The molecule has 0 saturated heterocycles. The highest BCUT2D eigenvalue weighted by Gasteiger charge is 2.49. The lowest BCUT2D eigenvalue weighted by Crippen LogP contribution is -2.65. The van der Waals surface area contributed by atoms with E-state index >= 15 is 0 Å². The molecule has 0 spiro atoms. The van der Waals surface area contributed by atoms with Crippen molar-refractivity contribution < 1.29 is 14.0 Å². The van der Waals surface area contributed by atoms with E-state index in [1.54, 1.807) is 28.0 Å². The average molecular weight is 447 g/mol. The second-order valence-electron chi connectivity index (χ2n) is 9.67. The Morgan fingerprint density at radius 1 is 1.18 bits per heavy atom. The lowest BCUT2D eigenvalue weighted by Gasteiger charge is -2.43. The summed E-state index contributed by atoms with van der Waals surface area (Å²) in [5.74, 6) is 0.587. The van der Waals surface area contributed by atoms with Gasteiger partial charge >= 0.3 is 0 Å². The van der Waals surface area contributed by atoms with Crippen LogP contribution in [-0.2, 0) is 11.3 Å². The molecule has 1 aromatic carbocycles. The Morgan fingerprint density at radius 3 is 2.55 bits per heavy atom. The van der Waals surface area contributed by atoms with Gasteiger partial charge in [-0.1, -0.05) is 38.8 Å². The third kappa shape index (κ3) is 3.75. The van der Waals surface area contributed by atoms with Crippen molar-refractivity contribution in [2.45, 2.75) is 70.5 Å². The predicted octanol–water partition coefficient (Wildman–Crippen LogP) is 4.74. The monoisotopic (exact) mass is 446 g/mol. The van der Waals surface area contributed by atoms with E-state index < -0.39 is 5.54 Å². The van der Waals surface area contributed by atoms with Crippen LogP contribution in [0.5, 0.6) is 0 Å². The van der Waals surface area contributed by atoms with E-state index in [1.165, 1.54) is 5.56 Å². The van der Waals surface area contributed by atoms with Gasteiger partial charge in [-0.2, -0.15) is 5.10 Å². The number of hydrogen-bond donors (Lipinski definition) is 1. The molecule has 2 amide bonds. The minimum atomic E-state index is -1.11. The second kappa shape index (κ2) is 8.21. The maximum Gasteiger partial charge on any atom is 0.277 e. The van der Waals surface area contributed by atoms with Crippen LogP contribution in [0.4, 0.5) is 5.69 Å². The molecule has 1 N–H and O–H groups in total. The van der Waals surface area contributed by atoms with Crippen LogP contribution in [0.2, 0.25) is 0 Å². The molecule has 33 heavy (non-hydrogen) atoms. The summed E-state index contributed by atoms with van der Waals surface area (Å²) >= 11 is 0. The molecule has 2 aliphatic rings. The second-order valence-corrected chi connectivity index (χ2v) is 9.67. The maximum absolute atomic E-state index is 13.8. The van der Waals surface area contributed by atoms with Crippen molar-refractivity contribution in [3.05, 3.63) is 60.0 Å². The summed E-state index contributed by atoms with van der Waals surface area (Å²) < 4.78 is 7.13. The maximum atomic E-state index is 13.8. The first kappa shape index (κ1) is 21.5. The van der Waals surface area contributed by atoms with E-state index in [0.29, 0.717) is 28.8 Å². The van der Waals surface area contributed by atoms with Gasteiger partial charge in [-0.15, -0.1) is 0 Å². The van der Waals surface area contributed by atoms with Crippen LogP contribution in [0.15, 0.2) is 53.1 Å². The van der Waals surface area contributed by atoms with Crippen molar-refractivity contribution in [3.8, 4) is 11.5 Å². The van der Waals surface area contributed by atoms with E-state index in [1.807, 2.05) is 37.3 Å². The fourth-order valence-electron chi connectivity index (χ4n) is 4.95. The number of benzene rings is 1. The molecule has 1 aliphatic heterocycles. The van der Waals surface area contributed by atoms with Gasteiger partial charge in [0.2, 0.25) is 5.91 Å². The number of rotatable bonds is 5. The van der Waals surface area contributed by atoms with Crippen molar-refractivity contribution in [3.63, 3.8) is 0 Å². The topological polar surface area (TPSA) is 80.4 Å². The summed E-state index contributed by atoms with van der Waals surface area (Å²) in [6.45, 7) is 6.37. The lowest BCUT2D eigenvalue weighted by atomic mass is 9.93. The van der Waals surface area contributed by atoms with Gasteiger partial charge in [0.25, 0.3) is 5.91 Å². The fourth-order valence-corrected chi connectivity index (χ4v) is 4.95. The first-order chi connectivity index (χ1) is 15.9. The number of anilines is 1. The first-order valence-corrected chi connectivity index (χ1v) is 11.7. The van der Waals surface area contributed by atoms with E-state index in [2.05, 4.69) is 24.3 Å². The summed E-state index contributed by atoms with van der Waals surface area (Å²) in [6.07, 6.45) is 5.79. The van der Waals surface area contributed by atoms with Gasteiger partial charge in [-0.25, -0.2) is 0 Å². The van der Waals surface area contributed by atoms with E-state index in [4.69, 9.17) is 4.42 Å². The normalized spacial score (nSPS) is 21.0. The summed E-state index contributed by atoms with van der Waals surface area (Å²) in [5.41, 5.74) is 1.81. The summed E-state index contributed by atoms with van der Waals surface area (Å²) in [6, 6.07) is 13.4. The molecule has 1 fully saturated rings. The smallest absolute Gasteiger partial charge is 0.277 e. The minimum absolute atomic E-state index is 0.142. The van der Waals surface area contributed by atoms with Gasteiger partial charge in [0, 0.05) is 17.8 Å². The molecule has 3 heterocycles. The highest BCUT2D eigenvalue weighted by Crippen LogP contribution is 2.35. The summed E-state index contributed by atoms with van der Waals surface area (Å²) in [4.78, 5) is 29.1. The zero-order valence-electron chi connectivity index (χ0n) is 19.4. The third-order valence-electron chi connectivity index (χ3n) is 6.92. The van der Waals surface area contributed by atoms with Crippen molar-refractivity contribution >= 4 is 17.5 Å². The Kier molecular flexibility index (Phi) is 5.35. The van der Waals surface area contributed by atoms with Crippen LogP contribution >= 0.6 is 0 Å². The quantitative estimate of drug-likeness (QED) is 0.614. The number of carbonyl (C=O) groups excluding carboxylic acids is 2. The molecule has 7 nitrogen and oxygen atoms in total. The number of carbonyl (C=O) groups is 2. The molecular weight excluding hydrogens is 416 g/mol. The Labute approximate surface area is 193 Å². The fraction of sp³-hybridized carbons (Fsp3) is 0.423. The predicted molar refractivity (Wildman–Crippen MR) is 126 cm³/mol. The zero-order valence-corrected chi connectivity index (χ0v) is 19.4. The van der Waals surface area contributed by atoms with E-state index in [-0.39, 0.29) is 24.4 Å². The Bertz CT molecular complexity index is 1160. The minimum Gasteiger partial charge on any atom is -0.463 e. The van der Waals surface area contributed by atoms with Crippen LogP contribution in [0.1, 0.15) is 68.4 Å². The number of amides is 2. The van der Waals surface area contributed by atoms with E-state index in [0.717, 1.165) is 25.7 Å². The van der Waals surface area contributed by atoms with E-state index in [9.17, 15) is 9.59 Å². The standard InChI is InChI=1S/C26H30N4O3/c1-17(2)18-10-12-20(13-11-18)30-24(31)22-15-21(23-9-6-14-33-23)28-29(22)16-26(30,3)25(32)27-19-7-4-5-8-19/h6,9-15,17,19H,4-5,7-8,16H2,1-3H3,(H,27,32)/t26-/m1/s1. The number of furan rings is 1.